The maximum absolute atomic E-state index is 12.8. The number of ether oxygens (including phenoxy) is 1. The molecule has 2 aliphatic heterocycles. The van der Waals surface area contributed by atoms with Gasteiger partial charge in [-0.1, -0.05) is 13.8 Å². The Morgan fingerprint density at radius 3 is 2.31 bits per heavy atom. The van der Waals surface area contributed by atoms with Crippen LogP contribution in [-0.4, -0.2) is 77.3 Å². The molecule has 0 atom stereocenters. The lowest BCUT2D eigenvalue weighted by molar-refractivity contribution is -0.132. The summed E-state index contributed by atoms with van der Waals surface area (Å²) >= 11 is 0. The van der Waals surface area contributed by atoms with Crippen LogP contribution in [0.1, 0.15) is 85.0 Å². The second-order valence-electron chi connectivity index (χ2n) is 10.7. The summed E-state index contributed by atoms with van der Waals surface area (Å²) in [5.74, 6) is -0.926. The Hall–Kier alpha value is -3.43. The lowest BCUT2D eigenvalue weighted by atomic mass is 10.0. The van der Waals surface area contributed by atoms with Crippen LogP contribution in [0, 0.1) is 5.92 Å². The second kappa shape index (κ2) is 11.1. The molecule has 1 fully saturated rings. The Bertz CT molecular complexity index is 1040. The molecule has 1 aromatic carbocycles. The monoisotopic (exact) mass is 500 g/mol. The van der Waals surface area contributed by atoms with Gasteiger partial charge in [0.05, 0.1) is 11.1 Å². The Morgan fingerprint density at radius 1 is 1.06 bits per heavy atom. The molecule has 36 heavy (non-hydrogen) atoms. The van der Waals surface area contributed by atoms with Crippen LogP contribution in [0.3, 0.4) is 0 Å². The summed E-state index contributed by atoms with van der Waals surface area (Å²) in [5, 5.41) is 5.56. The number of hydrogen-bond donors (Lipinski definition) is 2. The zero-order valence-electron chi connectivity index (χ0n) is 21.7. The van der Waals surface area contributed by atoms with Crippen LogP contribution in [0.2, 0.25) is 0 Å². The quantitative estimate of drug-likeness (QED) is 0.555. The summed E-state index contributed by atoms with van der Waals surface area (Å²) in [7, 11) is 0. The number of carbonyl (C=O) groups is 5. The van der Waals surface area contributed by atoms with E-state index in [0.29, 0.717) is 43.6 Å². The summed E-state index contributed by atoms with van der Waals surface area (Å²) in [6.07, 6.45) is 0.816. The molecule has 0 spiro atoms. The Labute approximate surface area is 211 Å². The van der Waals surface area contributed by atoms with E-state index in [1.807, 2.05) is 13.8 Å². The van der Waals surface area contributed by atoms with E-state index in [4.69, 9.17) is 4.74 Å². The first-order chi connectivity index (χ1) is 16.9. The molecule has 0 bridgehead atoms. The summed E-state index contributed by atoms with van der Waals surface area (Å²) in [4.78, 5) is 65.1. The minimum atomic E-state index is -0.596. The molecule has 0 radical (unpaired) electrons. The minimum absolute atomic E-state index is 0.0661. The maximum atomic E-state index is 12.8. The van der Waals surface area contributed by atoms with E-state index in [1.165, 1.54) is 17.0 Å². The third-order valence-electron chi connectivity index (χ3n) is 5.97. The van der Waals surface area contributed by atoms with Crippen molar-refractivity contribution in [3.63, 3.8) is 0 Å². The Balaban J connectivity index is 1.46. The van der Waals surface area contributed by atoms with Crippen molar-refractivity contribution in [3.8, 4) is 0 Å². The van der Waals surface area contributed by atoms with E-state index in [1.54, 1.807) is 31.7 Å². The van der Waals surface area contributed by atoms with E-state index < -0.39 is 11.7 Å². The van der Waals surface area contributed by atoms with Gasteiger partial charge in [-0.2, -0.15) is 0 Å². The average Bonchev–Trinajstić information content (AvgIpc) is 3.02. The first kappa shape index (κ1) is 27.2. The highest BCUT2D eigenvalue weighted by atomic mass is 16.6. The topological polar surface area (TPSA) is 125 Å². The van der Waals surface area contributed by atoms with Gasteiger partial charge in [-0.15, -0.1) is 0 Å². The lowest BCUT2D eigenvalue weighted by Gasteiger charge is -2.32. The number of rotatable bonds is 7. The van der Waals surface area contributed by atoms with Crippen molar-refractivity contribution >= 4 is 29.7 Å². The first-order valence-electron chi connectivity index (χ1n) is 12.4. The zero-order valence-corrected chi connectivity index (χ0v) is 21.7. The zero-order chi connectivity index (χ0) is 26.6. The van der Waals surface area contributed by atoms with Gasteiger partial charge in [-0.3, -0.25) is 24.1 Å². The molecule has 0 aliphatic carbocycles. The Kier molecular flexibility index (Phi) is 8.37. The van der Waals surface area contributed by atoms with Crippen molar-refractivity contribution in [2.75, 3.05) is 26.2 Å². The van der Waals surface area contributed by atoms with Gasteiger partial charge in [0.2, 0.25) is 5.91 Å². The van der Waals surface area contributed by atoms with Gasteiger partial charge in [0.1, 0.15) is 5.60 Å². The van der Waals surface area contributed by atoms with Gasteiger partial charge in [-0.25, -0.2) is 4.79 Å². The summed E-state index contributed by atoms with van der Waals surface area (Å²) in [6.45, 7) is 10.7. The molecule has 1 saturated heterocycles. The van der Waals surface area contributed by atoms with E-state index in [2.05, 4.69) is 10.6 Å². The molecule has 10 nitrogen and oxygen atoms in total. The Morgan fingerprint density at radius 2 is 1.69 bits per heavy atom. The number of likely N-dealkylation sites (tertiary alicyclic amines) is 1. The number of nitrogens with one attached hydrogen (secondary N) is 2. The number of carbonyl (C=O) groups excluding carboxylic acids is 5. The predicted octanol–water partition coefficient (Wildman–Crippen LogP) is 2.57. The molecular weight excluding hydrogens is 464 g/mol. The summed E-state index contributed by atoms with van der Waals surface area (Å²) < 4.78 is 5.16. The highest BCUT2D eigenvalue weighted by Gasteiger charge is 2.36. The molecule has 2 aliphatic rings. The number of imide groups is 1. The van der Waals surface area contributed by atoms with Crippen LogP contribution in [0.5, 0.6) is 0 Å². The van der Waals surface area contributed by atoms with Crippen molar-refractivity contribution in [3.05, 3.63) is 34.9 Å². The number of amides is 5. The average molecular weight is 501 g/mol. The van der Waals surface area contributed by atoms with Gasteiger partial charge in [-0.05, 0) is 57.7 Å². The fraction of sp³-hybridized carbons (Fsp3) is 0.577. The smallest absolute Gasteiger partial charge is 0.407 e. The van der Waals surface area contributed by atoms with Gasteiger partial charge in [0.15, 0.2) is 0 Å². The SMILES string of the molecule is CC(C)CN1C(=O)c2ccc(C(=O)NC3CCN(C(=O)CCNC(=O)OC(C)(C)C)CC3)cc2C1=O. The fourth-order valence-corrected chi connectivity index (χ4v) is 4.25. The molecule has 1 aromatic rings. The van der Waals surface area contributed by atoms with Crippen LogP contribution in [0.25, 0.3) is 0 Å². The molecule has 10 heteroatoms. The van der Waals surface area contributed by atoms with E-state index >= 15 is 0 Å². The third-order valence-corrected chi connectivity index (χ3v) is 5.97. The summed E-state index contributed by atoms with van der Waals surface area (Å²) in [5.41, 5.74) is 0.313. The van der Waals surface area contributed by atoms with Crippen LogP contribution in [0.4, 0.5) is 4.79 Å². The number of hydrogen-bond acceptors (Lipinski definition) is 6. The van der Waals surface area contributed by atoms with E-state index in [9.17, 15) is 24.0 Å². The van der Waals surface area contributed by atoms with Crippen molar-refractivity contribution in [1.29, 1.82) is 0 Å². The maximum Gasteiger partial charge on any atom is 0.407 e. The van der Waals surface area contributed by atoms with Gasteiger partial charge >= 0.3 is 6.09 Å². The molecule has 5 amide bonds. The van der Waals surface area contributed by atoms with Crippen molar-refractivity contribution < 1.29 is 28.7 Å². The molecule has 2 heterocycles. The molecule has 196 valence electrons. The molecule has 0 unspecified atom stereocenters. The predicted molar refractivity (Wildman–Crippen MR) is 133 cm³/mol. The number of alkyl carbamates (subject to hydrolysis) is 1. The van der Waals surface area contributed by atoms with Crippen molar-refractivity contribution in [2.24, 2.45) is 5.92 Å². The number of benzene rings is 1. The molecule has 0 saturated carbocycles. The van der Waals surface area contributed by atoms with E-state index in [0.717, 1.165) is 0 Å². The van der Waals surface area contributed by atoms with Crippen LogP contribution in [0.15, 0.2) is 18.2 Å². The van der Waals surface area contributed by atoms with Crippen LogP contribution >= 0.6 is 0 Å². The normalized spacial score (nSPS) is 16.3. The van der Waals surface area contributed by atoms with Crippen LogP contribution in [-0.2, 0) is 9.53 Å². The highest BCUT2D eigenvalue weighted by Crippen LogP contribution is 2.25. The van der Waals surface area contributed by atoms with Gasteiger partial charge in [0.25, 0.3) is 17.7 Å². The van der Waals surface area contributed by atoms with E-state index in [-0.39, 0.29) is 54.1 Å². The molecule has 3 rings (SSSR count). The largest absolute Gasteiger partial charge is 0.444 e. The van der Waals surface area contributed by atoms with Crippen molar-refractivity contribution in [1.82, 2.24) is 20.4 Å². The second-order valence-corrected chi connectivity index (χ2v) is 10.7. The molecule has 2 N–H and O–H groups in total. The van der Waals surface area contributed by atoms with Gasteiger partial charge in [0, 0.05) is 44.2 Å². The molecular formula is C26H36N4O6. The standard InChI is InChI=1S/C26H36N4O6/c1-16(2)15-30-23(33)19-7-6-17(14-20(19)24(30)34)22(32)28-18-9-12-29(13-10-18)21(31)8-11-27-25(35)36-26(3,4)5/h6-7,14,16,18H,8-13,15H2,1-5H3,(H,27,35)(H,28,32). The number of nitrogens with zero attached hydrogens (tertiary/aromatic N) is 2. The first-order valence-corrected chi connectivity index (χ1v) is 12.4. The molecule has 0 aromatic heterocycles. The number of piperidine rings is 1. The minimum Gasteiger partial charge on any atom is -0.444 e. The lowest BCUT2D eigenvalue weighted by Crippen LogP contribution is -2.47. The third kappa shape index (κ3) is 6.83. The van der Waals surface area contributed by atoms with Crippen LogP contribution < -0.4 is 10.6 Å². The number of fused-ring (bicyclic) bond motifs is 1. The van der Waals surface area contributed by atoms with Crippen molar-refractivity contribution in [2.45, 2.75) is 65.5 Å². The highest BCUT2D eigenvalue weighted by molar-refractivity contribution is 6.22. The fourth-order valence-electron chi connectivity index (χ4n) is 4.25. The summed E-state index contributed by atoms with van der Waals surface area (Å²) in [6, 6.07) is 4.48. The van der Waals surface area contributed by atoms with Gasteiger partial charge < -0.3 is 20.3 Å².